The number of ether oxygens (including phenoxy) is 2. The van der Waals surface area contributed by atoms with E-state index in [-0.39, 0.29) is 12.7 Å². The van der Waals surface area contributed by atoms with Crippen molar-refractivity contribution >= 4 is 5.91 Å². The van der Waals surface area contributed by atoms with Crippen LogP contribution in [0.3, 0.4) is 0 Å². The third-order valence-electron chi connectivity index (χ3n) is 4.21. The van der Waals surface area contributed by atoms with E-state index in [2.05, 4.69) is 17.1 Å². The van der Waals surface area contributed by atoms with Gasteiger partial charge in [-0.25, -0.2) is 0 Å². The van der Waals surface area contributed by atoms with E-state index in [1.807, 2.05) is 18.2 Å². The fourth-order valence-electron chi connectivity index (χ4n) is 2.88. The van der Waals surface area contributed by atoms with Gasteiger partial charge in [0.2, 0.25) is 12.7 Å². The van der Waals surface area contributed by atoms with Crippen LogP contribution in [0.15, 0.2) is 18.2 Å². The standard InChI is InChI=1S/C16H22N2O3/c1-12-4-2-3-7-18(12)10-16(19)17-9-13-5-6-14-15(8-13)21-11-20-14/h5-6,8,12H,2-4,7,9-11H2,1H3,(H,17,19)/t12-/m1/s1. The Kier molecular flexibility index (Phi) is 4.29. The van der Waals surface area contributed by atoms with Crippen LogP contribution in [0.5, 0.6) is 11.5 Å². The molecular weight excluding hydrogens is 268 g/mol. The number of benzene rings is 1. The van der Waals surface area contributed by atoms with Crippen LogP contribution in [0.25, 0.3) is 0 Å². The van der Waals surface area contributed by atoms with Crippen molar-refractivity contribution in [2.24, 2.45) is 0 Å². The second-order valence-corrected chi connectivity index (χ2v) is 5.78. The molecular formula is C16H22N2O3. The minimum absolute atomic E-state index is 0.0846. The average molecular weight is 290 g/mol. The van der Waals surface area contributed by atoms with Crippen molar-refractivity contribution in [3.63, 3.8) is 0 Å². The van der Waals surface area contributed by atoms with Gasteiger partial charge in [0, 0.05) is 12.6 Å². The molecule has 3 rings (SSSR count). The van der Waals surface area contributed by atoms with E-state index in [9.17, 15) is 4.79 Å². The molecule has 0 radical (unpaired) electrons. The quantitative estimate of drug-likeness (QED) is 0.920. The van der Waals surface area contributed by atoms with Crippen molar-refractivity contribution < 1.29 is 14.3 Å². The van der Waals surface area contributed by atoms with Crippen molar-refractivity contribution in [3.8, 4) is 11.5 Å². The Morgan fingerprint density at radius 3 is 3.05 bits per heavy atom. The molecule has 1 aromatic rings. The molecule has 1 aromatic carbocycles. The van der Waals surface area contributed by atoms with Crippen molar-refractivity contribution in [1.82, 2.24) is 10.2 Å². The zero-order chi connectivity index (χ0) is 14.7. The number of hydrogen-bond acceptors (Lipinski definition) is 4. The first-order chi connectivity index (χ1) is 10.2. The fourth-order valence-corrected chi connectivity index (χ4v) is 2.88. The number of hydrogen-bond donors (Lipinski definition) is 1. The van der Waals surface area contributed by atoms with Crippen molar-refractivity contribution in [3.05, 3.63) is 23.8 Å². The van der Waals surface area contributed by atoms with E-state index in [0.717, 1.165) is 23.6 Å². The molecule has 0 aromatic heterocycles. The number of likely N-dealkylation sites (tertiary alicyclic amines) is 1. The minimum atomic E-state index is 0.0846. The van der Waals surface area contributed by atoms with E-state index in [1.165, 1.54) is 19.3 Å². The highest BCUT2D eigenvalue weighted by Crippen LogP contribution is 2.32. The monoisotopic (exact) mass is 290 g/mol. The molecule has 0 spiro atoms. The summed E-state index contributed by atoms with van der Waals surface area (Å²) in [6.45, 7) is 4.52. The summed E-state index contributed by atoms with van der Waals surface area (Å²) in [7, 11) is 0. The largest absolute Gasteiger partial charge is 0.454 e. The number of nitrogens with zero attached hydrogens (tertiary/aromatic N) is 1. The molecule has 2 aliphatic rings. The number of nitrogens with one attached hydrogen (secondary N) is 1. The van der Waals surface area contributed by atoms with E-state index in [0.29, 0.717) is 19.1 Å². The molecule has 1 saturated heterocycles. The molecule has 0 unspecified atom stereocenters. The molecule has 1 fully saturated rings. The second-order valence-electron chi connectivity index (χ2n) is 5.78. The van der Waals surface area contributed by atoms with Crippen molar-refractivity contribution in [1.29, 1.82) is 0 Å². The van der Waals surface area contributed by atoms with Crippen LogP contribution in [0.1, 0.15) is 31.7 Å². The Bertz CT molecular complexity index is 518. The van der Waals surface area contributed by atoms with Gasteiger partial charge in [-0.2, -0.15) is 0 Å². The zero-order valence-electron chi connectivity index (χ0n) is 12.4. The van der Waals surface area contributed by atoms with Gasteiger partial charge >= 0.3 is 0 Å². The summed E-state index contributed by atoms with van der Waals surface area (Å²) in [6, 6.07) is 6.27. The Labute approximate surface area is 125 Å². The van der Waals surface area contributed by atoms with Gasteiger partial charge < -0.3 is 14.8 Å². The smallest absolute Gasteiger partial charge is 0.234 e. The van der Waals surface area contributed by atoms with Crippen molar-refractivity contribution in [2.75, 3.05) is 19.9 Å². The lowest BCUT2D eigenvalue weighted by atomic mass is 10.0. The number of carbonyl (C=O) groups excluding carboxylic acids is 1. The maximum Gasteiger partial charge on any atom is 0.234 e. The number of amides is 1. The van der Waals surface area contributed by atoms with E-state index < -0.39 is 0 Å². The highest BCUT2D eigenvalue weighted by Gasteiger charge is 2.20. The SMILES string of the molecule is C[C@@H]1CCCCN1CC(=O)NCc1ccc2c(c1)OCO2. The molecule has 2 heterocycles. The molecule has 0 saturated carbocycles. The van der Waals surface area contributed by atoms with Crippen LogP contribution in [-0.2, 0) is 11.3 Å². The van der Waals surface area contributed by atoms with Gasteiger partial charge in [-0.3, -0.25) is 9.69 Å². The van der Waals surface area contributed by atoms with Gasteiger partial charge in [0.25, 0.3) is 0 Å². The van der Waals surface area contributed by atoms with Gasteiger partial charge in [0.1, 0.15) is 0 Å². The Hall–Kier alpha value is -1.75. The third-order valence-corrected chi connectivity index (χ3v) is 4.21. The summed E-state index contributed by atoms with van der Waals surface area (Å²) >= 11 is 0. The highest BCUT2D eigenvalue weighted by molar-refractivity contribution is 5.78. The summed E-state index contributed by atoms with van der Waals surface area (Å²) < 4.78 is 10.6. The van der Waals surface area contributed by atoms with E-state index in [4.69, 9.17) is 9.47 Å². The topological polar surface area (TPSA) is 50.8 Å². The summed E-state index contributed by atoms with van der Waals surface area (Å²) in [5.74, 6) is 1.61. The first-order valence-corrected chi connectivity index (χ1v) is 7.61. The Morgan fingerprint density at radius 2 is 2.19 bits per heavy atom. The number of carbonyl (C=O) groups is 1. The molecule has 0 bridgehead atoms. The predicted molar refractivity (Wildman–Crippen MR) is 79.3 cm³/mol. The summed E-state index contributed by atoms with van der Waals surface area (Å²) in [5.41, 5.74) is 1.03. The molecule has 1 atom stereocenters. The van der Waals surface area contributed by atoms with Crippen LogP contribution in [0.2, 0.25) is 0 Å². The molecule has 5 heteroatoms. The van der Waals surface area contributed by atoms with Crippen molar-refractivity contribution in [2.45, 2.75) is 38.8 Å². The normalized spacial score (nSPS) is 21.3. The lowest BCUT2D eigenvalue weighted by Crippen LogP contribution is -2.44. The third kappa shape index (κ3) is 3.47. The van der Waals surface area contributed by atoms with Crippen LogP contribution in [-0.4, -0.2) is 36.7 Å². The number of piperidine rings is 1. The number of fused-ring (bicyclic) bond motifs is 1. The van der Waals surface area contributed by atoms with Crippen LogP contribution in [0.4, 0.5) is 0 Å². The van der Waals surface area contributed by atoms with Crippen LogP contribution >= 0.6 is 0 Å². The molecule has 2 aliphatic heterocycles. The Morgan fingerprint density at radius 1 is 1.33 bits per heavy atom. The van der Waals surface area contributed by atoms with E-state index in [1.54, 1.807) is 0 Å². The van der Waals surface area contributed by atoms with Gasteiger partial charge in [0.15, 0.2) is 11.5 Å². The molecule has 5 nitrogen and oxygen atoms in total. The summed E-state index contributed by atoms with van der Waals surface area (Å²) in [6.07, 6.45) is 3.66. The molecule has 0 aliphatic carbocycles. The summed E-state index contributed by atoms with van der Waals surface area (Å²) in [4.78, 5) is 14.3. The minimum Gasteiger partial charge on any atom is -0.454 e. The zero-order valence-corrected chi connectivity index (χ0v) is 12.4. The van der Waals surface area contributed by atoms with Crippen LogP contribution < -0.4 is 14.8 Å². The Balaban J connectivity index is 1.49. The highest BCUT2D eigenvalue weighted by atomic mass is 16.7. The van der Waals surface area contributed by atoms with Gasteiger partial charge in [-0.1, -0.05) is 12.5 Å². The maximum absolute atomic E-state index is 12.1. The molecule has 114 valence electrons. The summed E-state index contributed by atoms with van der Waals surface area (Å²) in [5, 5.41) is 2.98. The maximum atomic E-state index is 12.1. The molecule has 1 N–H and O–H groups in total. The van der Waals surface area contributed by atoms with Gasteiger partial charge in [-0.05, 0) is 44.0 Å². The fraction of sp³-hybridized carbons (Fsp3) is 0.562. The van der Waals surface area contributed by atoms with Gasteiger partial charge in [0.05, 0.1) is 6.54 Å². The molecule has 1 amide bonds. The predicted octanol–water partition coefficient (Wildman–Crippen LogP) is 1.91. The second kappa shape index (κ2) is 6.35. The first kappa shape index (κ1) is 14.2. The van der Waals surface area contributed by atoms with Crippen LogP contribution in [0, 0.1) is 0 Å². The van der Waals surface area contributed by atoms with Gasteiger partial charge in [-0.15, -0.1) is 0 Å². The number of rotatable bonds is 4. The lowest BCUT2D eigenvalue weighted by Gasteiger charge is -2.32. The lowest BCUT2D eigenvalue weighted by molar-refractivity contribution is -0.123. The molecule has 21 heavy (non-hydrogen) atoms. The first-order valence-electron chi connectivity index (χ1n) is 7.61. The average Bonchev–Trinajstić information content (AvgIpc) is 2.95. The van der Waals surface area contributed by atoms with E-state index >= 15 is 0 Å².